The summed E-state index contributed by atoms with van der Waals surface area (Å²) >= 11 is 0. The van der Waals surface area contributed by atoms with Crippen molar-refractivity contribution >= 4 is 21.5 Å². The van der Waals surface area contributed by atoms with E-state index in [-0.39, 0.29) is 4.92 Å². The van der Waals surface area contributed by atoms with Gasteiger partial charge in [0.2, 0.25) is 0 Å². The molecule has 1 saturated heterocycles. The molecule has 1 aliphatic heterocycles. The highest BCUT2D eigenvalue weighted by Crippen LogP contribution is 2.39. The van der Waals surface area contributed by atoms with Gasteiger partial charge in [0, 0.05) is 13.1 Å². The Bertz CT molecular complexity index is 1430. The molecule has 4 aromatic rings. The number of rotatable bonds is 6. The van der Waals surface area contributed by atoms with Crippen molar-refractivity contribution in [2.24, 2.45) is 0 Å². The standard InChI is InChI=1S/C29H29N3O3/c33-32(34)19-29(31-14-3-4-15-31)30-18-28-24(13-16-35-28)22-8-7-21-10-11-25-23-6-2-1-5-20(23)9-12-26(25)27(21)17-22/h1-2,5-6,9-13,16,19,22,30H,3-4,7-8,14-15,17-18H2. The van der Waals surface area contributed by atoms with Crippen molar-refractivity contribution in [2.75, 3.05) is 13.1 Å². The normalized spacial score (nSPS) is 18.2. The van der Waals surface area contributed by atoms with Gasteiger partial charge in [-0.1, -0.05) is 48.5 Å². The van der Waals surface area contributed by atoms with Crippen LogP contribution >= 0.6 is 0 Å². The largest absolute Gasteiger partial charge is 0.467 e. The first-order chi connectivity index (χ1) is 17.2. The molecule has 1 aliphatic carbocycles. The molecule has 1 atom stereocenters. The summed E-state index contributed by atoms with van der Waals surface area (Å²) in [4.78, 5) is 12.9. The molecule has 3 aromatic carbocycles. The molecule has 0 spiro atoms. The zero-order chi connectivity index (χ0) is 23.8. The Hall–Kier alpha value is -3.80. The average Bonchev–Trinajstić information content (AvgIpc) is 3.58. The van der Waals surface area contributed by atoms with Crippen LogP contribution < -0.4 is 5.32 Å². The van der Waals surface area contributed by atoms with Gasteiger partial charge in [-0.25, -0.2) is 0 Å². The van der Waals surface area contributed by atoms with Crippen molar-refractivity contribution in [1.29, 1.82) is 0 Å². The highest BCUT2D eigenvalue weighted by molar-refractivity contribution is 6.08. The van der Waals surface area contributed by atoms with Crippen LogP contribution in [0.2, 0.25) is 0 Å². The third-order valence-electron chi connectivity index (χ3n) is 7.67. The lowest BCUT2D eigenvalue weighted by molar-refractivity contribution is -0.404. The smallest absolute Gasteiger partial charge is 0.274 e. The van der Waals surface area contributed by atoms with Gasteiger partial charge in [0.05, 0.1) is 17.7 Å². The number of aryl methyl sites for hydroxylation is 1. The number of likely N-dealkylation sites (tertiary alicyclic amines) is 1. The quantitative estimate of drug-likeness (QED) is 0.210. The van der Waals surface area contributed by atoms with Crippen LogP contribution in [0.5, 0.6) is 0 Å². The van der Waals surface area contributed by atoms with E-state index in [1.807, 2.05) is 0 Å². The number of benzene rings is 3. The minimum Gasteiger partial charge on any atom is -0.467 e. The van der Waals surface area contributed by atoms with E-state index in [9.17, 15) is 10.1 Å². The zero-order valence-corrected chi connectivity index (χ0v) is 19.7. The molecule has 2 aliphatic rings. The van der Waals surface area contributed by atoms with Crippen molar-refractivity contribution in [2.45, 2.75) is 44.6 Å². The van der Waals surface area contributed by atoms with Gasteiger partial charge in [-0.3, -0.25) is 10.1 Å². The molecule has 1 N–H and O–H groups in total. The second-order valence-electron chi connectivity index (χ2n) is 9.67. The minimum atomic E-state index is -0.378. The van der Waals surface area contributed by atoms with Crippen LogP contribution in [0.25, 0.3) is 21.5 Å². The highest BCUT2D eigenvalue weighted by Gasteiger charge is 2.26. The molecule has 6 nitrogen and oxygen atoms in total. The van der Waals surface area contributed by atoms with Gasteiger partial charge in [0.1, 0.15) is 5.76 Å². The second kappa shape index (κ2) is 9.10. The lowest BCUT2D eigenvalue weighted by atomic mass is 9.78. The fourth-order valence-electron chi connectivity index (χ4n) is 5.94. The molecule has 0 radical (unpaired) electrons. The van der Waals surface area contributed by atoms with Crippen molar-refractivity contribution in [1.82, 2.24) is 10.2 Å². The Morgan fingerprint density at radius 1 is 1.06 bits per heavy atom. The molecule has 178 valence electrons. The zero-order valence-electron chi connectivity index (χ0n) is 19.7. The van der Waals surface area contributed by atoms with Crippen molar-refractivity contribution < 1.29 is 9.34 Å². The Labute approximate surface area is 204 Å². The van der Waals surface area contributed by atoms with Gasteiger partial charge in [-0.15, -0.1) is 0 Å². The molecule has 1 aromatic heterocycles. The Balaban J connectivity index is 1.27. The number of nitrogens with zero attached hydrogens (tertiary/aromatic N) is 2. The minimum absolute atomic E-state index is 0.366. The summed E-state index contributed by atoms with van der Waals surface area (Å²) < 4.78 is 5.89. The first-order valence-corrected chi connectivity index (χ1v) is 12.5. The van der Waals surface area contributed by atoms with Gasteiger partial charge in [0.25, 0.3) is 6.20 Å². The summed E-state index contributed by atoms with van der Waals surface area (Å²) in [7, 11) is 0. The number of hydrogen-bond donors (Lipinski definition) is 1. The molecule has 6 heteroatoms. The van der Waals surface area contributed by atoms with E-state index >= 15 is 0 Å². The summed E-state index contributed by atoms with van der Waals surface area (Å²) in [6.45, 7) is 2.14. The Morgan fingerprint density at radius 3 is 2.74 bits per heavy atom. The molecule has 35 heavy (non-hydrogen) atoms. The van der Waals surface area contributed by atoms with Gasteiger partial charge in [0.15, 0.2) is 5.82 Å². The molecule has 1 fully saturated rings. The molecule has 1 unspecified atom stereocenters. The maximum atomic E-state index is 11.2. The molecule has 2 heterocycles. The van der Waals surface area contributed by atoms with Crippen LogP contribution in [0, 0.1) is 10.1 Å². The number of hydrogen-bond acceptors (Lipinski definition) is 5. The third-order valence-corrected chi connectivity index (χ3v) is 7.67. The SMILES string of the molecule is O=[N+]([O-])C=C(NCc1occc1C1CCc2ccc3c(ccc4ccccc43)c2C1)N1CCCC1. The summed E-state index contributed by atoms with van der Waals surface area (Å²) in [5.74, 6) is 1.81. The van der Waals surface area contributed by atoms with Crippen LogP contribution in [0.15, 0.2) is 77.3 Å². The third kappa shape index (κ3) is 4.14. The van der Waals surface area contributed by atoms with E-state index in [0.29, 0.717) is 18.3 Å². The summed E-state index contributed by atoms with van der Waals surface area (Å²) in [5.41, 5.74) is 4.09. The number of nitrogens with one attached hydrogen (secondary N) is 1. The first-order valence-electron chi connectivity index (χ1n) is 12.5. The monoisotopic (exact) mass is 467 g/mol. The summed E-state index contributed by atoms with van der Waals surface area (Å²) in [6, 6.07) is 19.8. The van der Waals surface area contributed by atoms with Gasteiger partial charge >= 0.3 is 0 Å². The van der Waals surface area contributed by atoms with Crippen molar-refractivity contribution in [3.8, 4) is 0 Å². The molecule has 0 bridgehead atoms. The molecular formula is C29H29N3O3. The number of nitro groups is 1. The van der Waals surface area contributed by atoms with E-state index < -0.39 is 0 Å². The second-order valence-corrected chi connectivity index (χ2v) is 9.67. The van der Waals surface area contributed by atoms with Crippen LogP contribution in [0.4, 0.5) is 0 Å². The van der Waals surface area contributed by atoms with Gasteiger partial charge < -0.3 is 14.6 Å². The number of fused-ring (bicyclic) bond motifs is 5. The average molecular weight is 468 g/mol. The fourth-order valence-corrected chi connectivity index (χ4v) is 5.94. The summed E-state index contributed by atoms with van der Waals surface area (Å²) in [5, 5.41) is 19.7. The van der Waals surface area contributed by atoms with Crippen molar-refractivity contribution in [3.63, 3.8) is 0 Å². The van der Waals surface area contributed by atoms with Gasteiger partial charge in [-0.05, 0) is 82.3 Å². The van der Waals surface area contributed by atoms with Gasteiger partial charge in [-0.2, -0.15) is 0 Å². The predicted octanol–water partition coefficient (Wildman–Crippen LogP) is 6.12. The molecular weight excluding hydrogens is 438 g/mol. The first kappa shape index (κ1) is 21.7. The Kier molecular flexibility index (Phi) is 5.64. The van der Waals surface area contributed by atoms with Crippen LogP contribution in [0.1, 0.15) is 47.6 Å². The highest BCUT2D eigenvalue weighted by atomic mass is 16.6. The lowest BCUT2D eigenvalue weighted by Crippen LogP contribution is -2.30. The number of furan rings is 1. The summed E-state index contributed by atoms with van der Waals surface area (Å²) in [6.07, 6.45) is 8.05. The topological polar surface area (TPSA) is 71.5 Å². The lowest BCUT2D eigenvalue weighted by Gasteiger charge is -2.27. The van der Waals surface area contributed by atoms with Crippen LogP contribution in [-0.2, 0) is 19.4 Å². The molecule has 0 amide bonds. The van der Waals surface area contributed by atoms with E-state index in [1.165, 1.54) is 38.2 Å². The molecule has 0 saturated carbocycles. The van der Waals surface area contributed by atoms with Crippen LogP contribution in [-0.4, -0.2) is 22.9 Å². The van der Waals surface area contributed by atoms with Crippen LogP contribution in [0.3, 0.4) is 0 Å². The van der Waals surface area contributed by atoms with E-state index in [1.54, 1.807) is 6.26 Å². The van der Waals surface area contributed by atoms with E-state index in [2.05, 4.69) is 64.8 Å². The van der Waals surface area contributed by atoms with E-state index in [4.69, 9.17) is 4.42 Å². The molecule has 6 rings (SSSR count). The van der Waals surface area contributed by atoms with E-state index in [0.717, 1.165) is 57.2 Å². The predicted molar refractivity (Wildman–Crippen MR) is 138 cm³/mol. The van der Waals surface area contributed by atoms with Crippen molar-refractivity contribution in [3.05, 3.63) is 105 Å². The maximum Gasteiger partial charge on any atom is 0.274 e. The fraction of sp³-hybridized carbons (Fsp3) is 0.310. The Morgan fingerprint density at radius 2 is 1.89 bits per heavy atom. The maximum absolute atomic E-state index is 11.2.